The summed E-state index contributed by atoms with van der Waals surface area (Å²) < 4.78 is 1.83. The average molecular weight is 341 g/mol. The van der Waals surface area contributed by atoms with Crippen LogP contribution in [0.5, 0.6) is 0 Å². The van der Waals surface area contributed by atoms with Crippen LogP contribution >= 0.6 is 11.3 Å². The zero-order valence-corrected chi connectivity index (χ0v) is 14.2. The SMILES string of the molecule is Cc1nc(N)sc1CC(=O)NCCc1cnn(-c2ccccc2)c1. The molecule has 0 fully saturated rings. The van der Waals surface area contributed by atoms with Gasteiger partial charge in [-0.2, -0.15) is 5.10 Å². The normalized spacial score (nSPS) is 10.7. The lowest BCUT2D eigenvalue weighted by atomic mass is 10.2. The van der Waals surface area contributed by atoms with Gasteiger partial charge in [0.1, 0.15) is 0 Å². The number of hydrogen-bond donors (Lipinski definition) is 2. The fraction of sp³-hybridized carbons (Fsp3) is 0.235. The first-order valence-electron chi connectivity index (χ1n) is 7.69. The number of nitrogens with zero attached hydrogens (tertiary/aromatic N) is 3. The van der Waals surface area contributed by atoms with Crippen LogP contribution in [0.15, 0.2) is 42.7 Å². The van der Waals surface area contributed by atoms with Gasteiger partial charge in [-0.05, 0) is 31.0 Å². The van der Waals surface area contributed by atoms with E-state index in [0.717, 1.165) is 28.2 Å². The molecule has 0 unspecified atom stereocenters. The van der Waals surface area contributed by atoms with Gasteiger partial charge >= 0.3 is 0 Å². The van der Waals surface area contributed by atoms with Crippen molar-refractivity contribution in [2.24, 2.45) is 0 Å². The summed E-state index contributed by atoms with van der Waals surface area (Å²) >= 11 is 1.37. The van der Waals surface area contributed by atoms with E-state index in [1.54, 1.807) is 0 Å². The van der Waals surface area contributed by atoms with Crippen LogP contribution in [0.25, 0.3) is 5.69 Å². The fourth-order valence-electron chi connectivity index (χ4n) is 2.38. The Hall–Kier alpha value is -2.67. The molecule has 2 heterocycles. The Morgan fingerprint density at radius 2 is 2.12 bits per heavy atom. The predicted octanol–water partition coefficient (Wildman–Crippen LogP) is 2.12. The molecule has 1 aromatic carbocycles. The van der Waals surface area contributed by atoms with Gasteiger partial charge in [0, 0.05) is 17.6 Å². The highest BCUT2D eigenvalue weighted by Crippen LogP contribution is 2.19. The highest BCUT2D eigenvalue weighted by molar-refractivity contribution is 7.15. The lowest BCUT2D eigenvalue weighted by molar-refractivity contribution is -0.120. The van der Waals surface area contributed by atoms with E-state index in [0.29, 0.717) is 18.1 Å². The average Bonchev–Trinajstić information content (AvgIpc) is 3.15. The summed E-state index contributed by atoms with van der Waals surface area (Å²) in [6, 6.07) is 9.93. The first-order chi connectivity index (χ1) is 11.6. The van der Waals surface area contributed by atoms with Crippen molar-refractivity contribution < 1.29 is 4.79 Å². The lowest BCUT2D eigenvalue weighted by Crippen LogP contribution is -2.27. The quantitative estimate of drug-likeness (QED) is 0.719. The maximum atomic E-state index is 12.0. The molecule has 2 aromatic heterocycles. The van der Waals surface area contributed by atoms with Crippen LogP contribution in [0.4, 0.5) is 5.13 Å². The van der Waals surface area contributed by atoms with Crippen LogP contribution in [-0.4, -0.2) is 27.2 Å². The van der Waals surface area contributed by atoms with Crippen molar-refractivity contribution in [2.75, 3.05) is 12.3 Å². The third-order valence-corrected chi connectivity index (χ3v) is 4.61. The predicted molar refractivity (Wildman–Crippen MR) is 95.2 cm³/mol. The largest absolute Gasteiger partial charge is 0.375 e. The molecule has 3 N–H and O–H groups in total. The fourth-order valence-corrected chi connectivity index (χ4v) is 3.21. The Kier molecular flexibility index (Phi) is 4.90. The van der Waals surface area contributed by atoms with Gasteiger partial charge in [0.2, 0.25) is 5.91 Å². The molecular weight excluding hydrogens is 322 g/mol. The molecule has 0 saturated carbocycles. The number of rotatable bonds is 6. The van der Waals surface area contributed by atoms with Crippen LogP contribution < -0.4 is 11.1 Å². The number of nitrogen functional groups attached to an aromatic ring is 1. The van der Waals surface area contributed by atoms with Crippen molar-refractivity contribution in [3.8, 4) is 5.69 Å². The van der Waals surface area contributed by atoms with E-state index in [1.807, 2.05) is 54.3 Å². The van der Waals surface area contributed by atoms with Crippen LogP contribution in [0, 0.1) is 6.92 Å². The summed E-state index contributed by atoms with van der Waals surface area (Å²) in [7, 11) is 0. The second-order valence-corrected chi connectivity index (χ2v) is 6.58. The second kappa shape index (κ2) is 7.27. The van der Waals surface area contributed by atoms with Crippen molar-refractivity contribution in [3.63, 3.8) is 0 Å². The molecule has 0 aliphatic carbocycles. The number of aryl methyl sites for hydroxylation is 1. The number of nitrogens with two attached hydrogens (primary N) is 1. The van der Waals surface area contributed by atoms with E-state index in [-0.39, 0.29) is 5.91 Å². The molecule has 124 valence electrons. The van der Waals surface area contributed by atoms with Gasteiger partial charge in [-0.15, -0.1) is 11.3 Å². The van der Waals surface area contributed by atoms with Gasteiger partial charge < -0.3 is 11.1 Å². The number of amides is 1. The molecule has 24 heavy (non-hydrogen) atoms. The Morgan fingerprint density at radius 1 is 1.33 bits per heavy atom. The highest BCUT2D eigenvalue weighted by Gasteiger charge is 2.10. The Labute approximate surface area is 144 Å². The number of aromatic nitrogens is 3. The van der Waals surface area contributed by atoms with Crippen LogP contribution in [-0.2, 0) is 17.6 Å². The molecule has 0 aliphatic heterocycles. The number of anilines is 1. The molecule has 7 heteroatoms. The van der Waals surface area contributed by atoms with Crippen LogP contribution in [0.1, 0.15) is 16.1 Å². The summed E-state index contributed by atoms with van der Waals surface area (Å²) in [6.45, 7) is 2.44. The number of carbonyl (C=O) groups excluding carboxylic acids is 1. The molecule has 3 rings (SSSR count). The number of carbonyl (C=O) groups is 1. The molecule has 0 radical (unpaired) electrons. The number of hydrogen-bond acceptors (Lipinski definition) is 5. The summed E-state index contributed by atoms with van der Waals surface area (Å²) in [5.74, 6) is -0.0165. The van der Waals surface area contributed by atoms with Crippen LogP contribution in [0.2, 0.25) is 0 Å². The van der Waals surface area contributed by atoms with Crippen molar-refractivity contribution >= 4 is 22.4 Å². The van der Waals surface area contributed by atoms with Crippen molar-refractivity contribution in [1.82, 2.24) is 20.1 Å². The zero-order valence-electron chi connectivity index (χ0n) is 13.4. The summed E-state index contributed by atoms with van der Waals surface area (Å²) in [6.07, 6.45) is 4.87. The van der Waals surface area contributed by atoms with Gasteiger partial charge in [0.05, 0.1) is 24.0 Å². The van der Waals surface area contributed by atoms with Gasteiger partial charge in [-0.1, -0.05) is 18.2 Å². The van der Waals surface area contributed by atoms with E-state index < -0.39 is 0 Å². The Bertz CT molecular complexity index is 825. The van der Waals surface area contributed by atoms with Gasteiger partial charge in [0.15, 0.2) is 5.13 Å². The number of para-hydroxylation sites is 1. The van der Waals surface area contributed by atoms with Gasteiger partial charge in [-0.3, -0.25) is 4.79 Å². The zero-order chi connectivity index (χ0) is 16.9. The van der Waals surface area contributed by atoms with Crippen molar-refractivity contribution in [3.05, 3.63) is 58.9 Å². The standard InChI is InChI=1S/C17H19N5OS/c1-12-15(24-17(18)21-12)9-16(23)19-8-7-13-10-20-22(11-13)14-5-3-2-4-6-14/h2-6,10-11H,7-9H2,1H3,(H2,18,21)(H,19,23). The molecule has 0 aliphatic rings. The highest BCUT2D eigenvalue weighted by atomic mass is 32.1. The van der Waals surface area contributed by atoms with E-state index in [9.17, 15) is 4.79 Å². The smallest absolute Gasteiger partial charge is 0.225 e. The van der Waals surface area contributed by atoms with E-state index in [2.05, 4.69) is 15.4 Å². The first kappa shape index (κ1) is 16.2. The molecular formula is C17H19N5OS. The lowest BCUT2D eigenvalue weighted by Gasteiger charge is -2.03. The molecule has 3 aromatic rings. The molecule has 0 atom stereocenters. The third kappa shape index (κ3) is 3.99. The molecule has 0 bridgehead atoms. The number of benzene rings is 1. The topological polar surface area (TPSA) is 85.8 Å². The van der Waals surface area contributed by atoms with E-state index in [4.69, 9.17) is 5.73 Å². The third-order valence-electron chi connectivity index (χ3n) is 3.62. The van der Waals surface area contributed by atoms with E-state index in [1.165, 1.54) is 11.3 Å². The number of thiazole rings is 1. The van der Waals surface area contributed by atoms with Crippen molar-refractivity contribution in [2.45, 2.75) is 19.8 Å². The maximum Gasteiger partial charge on any atom is 0.225 e. The minimum absolute atomic E-state index is 0.0165. The first-order valence-corrected chi connectivity index (χ1v) is 8.51. The van der Waals surface area contributed by atoms with Gasteiger partial charge in [0.25, 0.3) is 0 Å². The van der Waals surface area contributed by atoms with Crippen LogP contribution in [0.3, 0.4) is 0 Å². The Balaban J connectivity index is 1.49. The monoisotopic (exact) mass is 341 g/mol. The molecule has 0 saturated heterocycles. The van der Waals surface area contributed by atoms with Gasteiger partial charge in [-0.25, -0.2) is 9.67 Å². The molecule has 6 nitrogen and oxygen atoms in total. The molecule has 0 spiro atoms. The summed E-state index contributed by atoms with van der Waals surface area (Å²) in [4.78, 5) is 17.0. The van der Waals surface area contributed by atoms with E-state index >= 15 is 0 Å². The molecule has 1 amide bonds. The maximum absolute atomic E-state index is 12.0. The summed E-state index contributed by atoms with van der Waals surface area (Å²) in [5.41, 5.74) is 8.58. The minimum Gasteiger partial charge on any atom is -0.375 e. The minimum atomic E-state index is -0.0165. The second-order valence-electron chi connectivity index (χ2n) is 5.47. The Morgan fingerprint density at radius 3 is 2.83 bits per heavy atom. The summed E-state index contributed by atoms with van der Waals surface area (Å²) in [5, 5.41) is 7.78. The number of nitrogens with one attached hydrogen (secondary N) is 1. The van der Waals surface area contributed by atoms with Crippen molar-refractivity contribution in [1.29, 1.82) is 0 Å².